The molecule has 1 aliphatic carbocycles. The molecule has 0 bridgehead atoms. The average molecular weight is 281 g/mol. The van der Waals surface area contributed by atoms with Crippen LogP contribution in [-0.2, 0) is 6.54 Å². The molecule has 3 nitrogen and oxygen atoms in total. The van der Waals surface area contributed by atoms with Crippen molar-refractivity contribution in [3.63, 3.8) is 0 Å². The molecule has 1 aromatic carbocycles. The van der Waals surface area contributed by atoms with Gasteiger partial charge in [0.2, 0.25) is 0 Å². The van der Waals surface area contributed by atoms with Crippen LogP contribution >= 0.6 is 12.4 Å². The third kappa shape index (κ3) is 4.69. The molecule has 2 rings (SSSR count). The fourth-order valence-electron chi connectivity index (χ4n) is 2.17. The predicted molar refractivity (Wildman–Crippen MR) is 80.4 cm³/mol. The largest absolute Gasteiger partial charge is 0.352 e. The van der Waals surface area contributed by atoms with Crippen molar-refractivity contribution in [1.82, 2.24) is 5.32 Å². The summed E-state index contributed by atoms with van der Waals surface area (Å²) < 4.78 is 0. The van der Waals surface area contributed by atoms with Crippen LogP contribution in [0, 0.1) is 5.92 Å². The van der Waals surface area contributed by atoms with Gasteiger partial charge >= 0.3 is 0 Å². The molecule has 4 heteroatoms. The SMILES string of the molecule is Cl.NCc1ccc(C(=O)NCC2CC=CCC2)cc1. The van der Waals surface area contributed by atoms with E-state index < -0.39 is 0 Å². The molecule has 1 aromatic rings. The van der Waals surface area contributed by atoms with E-state index >= 15 is 0 Å². The molecular formula is C15H21ClN2O. The van der Waals surface area contributed by atoms with Crippen LogP contribution in [-0.4, -0.2) is 12.5 Å². The van der Waals surface area contributed by atoms with E-state index in [1.807, 2.05) is 24.3 Å². The Morgan fingerprint density at radius 2 is 2.00 bits per heavy atom. The Hall–Kier alpha value is -1.32. The van der Waals surface area contributed by atoms with Crippen molar-refractivity contribution >= 4 is 18.3 Å². The number of rotatable bonds is 4. The molecule has 0 aromatic heterocycles. The maximum absolute atomic E-state index is 11.9. The molecule has 104 valence electrons. The molecule has 1 aliphatic rings. The van der Waals surface area contributed by atoms with Gasteiger partial charge in [-0.2, -0.15) is 0 Å². The summed E-state index contributed by atoms with van der Waals surface area (Å²) in [6.07, 6.45) is 7.79. The van der Waals surface area contributed by atoms with Crippen LogP contribution in [0.5, 0.6) is 0 Å². The minimum Gasteiger partial charge on any atom is -0.352 e. The van der Waals surface area contributed by atoms with Gasteiger partial charge < -0.3 is 11.1 Å². The van der Waals surface area contributed by atoms with E-state index in [0.29, 0.717) is 18.0 Å². The fraction of sp³-hybridized carbons (Fsp3) is 0.400. The van der Waals surface area contributed by atoms with Crippen molar-refractivity contribution in [2.75, 3.05) is 6.54 Å². The Morgan fingerprint density at radius 3 is 2.58 bits per heavy atom. The van der Waals surface area contributed by atoms with Gasteiger partial charge in [-0.3, -0.25) is 4.79 Å². The lowest BCUT2D eigenvalue weighted by Crippen LogP contribution is -2.29. The molecule has 0 spiro atoms. The van der Waals surface area contributed by atoms with Gasteiger partial charge in [0.1, 0.15) is 0 Å². The van der Waals surface area contributed by atoms with Gasteiger partial charge in [0.25, 0.3) is 5.91 Å². The number of benzene rings is 1. The van der Waals surface area contributed by atoms with Crippen LogP contribution in [0.2, 0.25) is 0 Å². The van der Waals surface area contributed by atoms with E-state index in [9.17, 15) is 4.79 Å². The molecule has 0 aliphatic heterocycles. The highest BCUT2D eigenvalue weighted by molar-refractivity contribution is 5.94. The fourth-order valence-corrected chi connectivity index (χ4v) is 2.17. The Kier molecular flexibility index (Phi) is 6.60. The smallest absolute Gasteiger partial charge is 0.251 e. The standard InChI is InChI=1S/C15H20N2O.ClH/c16-10-12-6-8-14(9-7-12)15(18)17-11-13-4-2-1-3-5-13;/h1-2,6-9,13H,3-5,10-11,16H2,(H,17,18);1H. The van der Waals surface area contributed by atoms with Gasteiger partial charge in [0, 0.05) is 18.7 Å². The first kappa shape index (κ1) is 15.7. The summed E-state index contributed by atoms with van der Waals surface area (Å²) in [6, 6.07) is 7.47. The molecule has 0 saturated carbocycles. The molecule has 0 heterocycles. The second-order valence-corrected chi connectivity index (χ2v) is 4.76. The van der Waals surface area contributed by atoms with Gasteiger partial charge in [-0.05, 0) is 42.9 Å². The van der Waals surface area contributed by atoms with E-state index in [1.54, 1.807) is 0 Å². The maximum atomic E-state index is 11.9. The number of hydrogen-bond donors (Lipinski definition) is 2. The van der Waals surface area contributed by atoms with Crippen molar-refractivity contribution in [1.29, 1.82) is 0 Å². The van der Waals surface area contributed by atoms with E-state index in [-0.39, 0.29) is 18.3 Å². The zero-order chi connectivity index (χ0) is 12.8. The average Bonchev–Trinajstić information content (AvgIpc) is 2.46. The summed E-state index contributed by atoms with van der Waals surface area (Å²) in [5.41, 5.74) is 7.28. The Bertz CT molecular complexity index is 428. The quantitative estimate of drug-likeness (QED) is 0.833. The topological polar surface area (TPSA) is 55.1 Å². The van der Waals surface area contributed by atoms with Crippen LogP contribution in [0.1, 0.15) is 35.2 Å². The maximum Gasteiger partial charge on any atom is 0.251 e. The lowest BCUT2D eigenvalue weighted by atomic mass is 9.94. The second kappa shape index (κ2) is 7.97. The summed E-state index contributed by atoms with van der Waals surface area (Å²) >= 11 is 0. The Balaban J connectivity index is 0.00000180. The normalized spacial score (nSPS) is 17.6. The van der Waals surface area contributed by atoms with E-state index in [1.165, 1.54) is 6.42 Å². The van der Waals surface area contributed by atoms with Gasteiger partial charge in [-0.25, -0.2) is 0 Å². The number of nitrogens with one attached hydrogen (secondary N) is 1. The van der Waals surface area contributed by atoms with Crippen molar-refractivity contribution in [2.24, 2.45) is 11.7 Å². The molecular weight excluding hydrogens is 260 g/mol. The van der Waals surface area contributed by atoms with Crippen LogP contribution in [0.25, 0.3) is 0 Å². The molecule has 3 N–H and O–H groups in total. The van der Waals surface area contributed by atoms with Crippen LogP contribution in [0.4, 0.5) is 0 Å². The first-order chi connectivity index (χ1) is 8.79. The van der Waals surface area contributed by atoms with Crippen molar-refractivity contribution in [2.45, 2.75) is 25.8 Å². The number of carbonyl (C=O) groups is 1. The number of carbonyl (C=O) groups excluding carboxylic acids is 1. The number of nitrogens with two attached hydrogens (primary N) is 1. The Morgan fingerprint density at radius 1 is 1.26 bits per heavy atom. The zero-order valence-corrected chi connectivity index (χ0v) is 11.8. The second-order valence-electron chi connectivity index (χ2n) is 4.76. The monoisotopic (exact) mass is 280 g/mol. The molecule has 0 fully saturated rings. The highest BCUT2D eigenvalue weighted by Crippen LogP contribution is 2.17. The van der Waals surface area contributed by atoms with Crippen LogP contribution < -0.4 is 11.1 Å². The van der Waals surface area contributed by atoms with Gasteiger partial charge in [-0.15, -0.1) is 12.4 Å². The number of halogens is 1. The predicted octanol–water partition coefficient (Wildman–Crippen LogP) is 2.65. The van der Waals surface area contributed by atoms with E-state index in [0.717, 1.165) is 24.9 Å². The molecule has 1 amide bonds. The van der Waals surface area contributed by atoms with Gasteiger partial charge in [-0.1, -0.05) is 24.3 Å². The summed E-state index contributed by atoms with van der Waals surface area (Å²) in [5, 5.41) is 3.00. The summed E-state index contributed by atoms with van der Waals surface area (Å²) in [4.78, 5) is 11.9. The molecule has 19 heavy (non-hydrogen) atoms. The minimum atomic E-state index is 0. The Labute approximate surface area is 120 Å². The van der Waals surface area contributed by atoms with E-state index in [2.05, 4.69) is 17.5 Å². The highest BCUT2D eigenvalue weighted by Gasteiger charge is 2.12. The summed E-state index contributed by atoms with van der Waals surface area (Å²) in [7, 11) is 0. The first-order valence-electron chi connectivity index (χ1n) is 6.52. The number of hydrogen-bond acceptors (Lipinski definition) is 2. The van der Waals surface area contributed by atoms with Gasteiger partial charge in [0.05, 0.1) is 0 Å². The lowest BCUT2D eigenvalue weighted by Gasteiger charge is -2.18. The van der Waals surface area contributed by atoms with Crippen molar-refractivity contribution in [3.8, 4) is 0 Å². The zero-order valence-electron chi connectivity index (χ0n) is 11.0. The minimum absolute atomic E-state index is 0. The molecule has 0 radical (unpaired) electrons. The summed E-state index contributed by atoms with van der Waals surface area (Å²) in [6.45, 7) is 1.28. The molecule has 1 atom stereocenters. The van der Waals surface area contributed by atoms with E-state index in [4.69, 9.17) is 5.73 Å². The highest BCUT2D eigenvalue weighted by atomic mass is 35.5. The van der Waals surface area contributed by atoms with Crippen molar-refractivity contribution < 1.29 is 4.79 Å². The van der Waals surface area contributed by atoms with Crippen LogP contribution in [0.3, 0.4) is 0 Å². The lowest BCUT2D eigenvalue weighted by molar-refractivity contribution is 0.0946. The van der Waals surface area contributed by atoms with Crippen molar-refractivity contribution in [3.05, 3.63) is 47.5 Å². The van der Waals surface area contributed by atoms with Crippen LogP contribution in [0.15, 0.2) is 36.4 Å². The third-order valence-corrected chi connectivity index (χ3v) is 3.38. The number of allylic oxidation sites excluding steroid dienone is 2. The third-order valence-electron chi connectivity index (χ3n) is 3.38. The molecule has 0 saturated heterocycles. The number of amides is 1. The first-order valence-corrected chi connectivity index (χ1v) is 6.52. The van der Waals surface area contributed by atoms with Gasteiger partial charge in [0.15, 0.2) is 0 Å². The summed E-state index contributed by atoms with van der Waals surface area (Å²) in [5.74, 6) is 0.593. The molecule has 1 unspecified atom stereocenters.